The number of rotatable bonds is 9. The smallest absolute Gasteiger partial charge is 0.349 e. The normalized spacial score (nSPS) is 12.1. The monoisotopic (exact) mass is 461 g/mol. The van der Waals surface area contributed by atoms with E-state index in [0.717, 1.165) is 5.56 Å². The van der Waals surface area contributed by atoms with Gasteiger partial charge in [-0.25, -0.2) is 14.4 Å². The molecule has 8 heteroatoms. The predicted molar refractivity (Wildman–Crippen MR) is 123 cm³/mol. The Balaban J connectivity index is 1.92. The molecule has 0 aliphatic carbocycles. The van der Waals surface area contributed by atoms with Crippen molar-refractivity contribution in [2.24, 2.45) is 0 Å². The van der Waals surface area contributed by atoms with E-state index < -0.39 is 36.0 Å². The van der Waals surface area contributed by atoms with E-state index in [-0.39, 0.29) is 11.1 Å². The van der Waals surface area contributed by atoms with Crippen LogP contribution in [0, 0.1) is 0 Å². The van der Waals surface area contributed by atoms with Crippen molar-refractivity contribution in [3.63, 3.8) is 0 Å². The number of amides is 1. The highest BCUT2D eigenvalue weighted by Gasteiger charge is 2.41. The Bertz CT molecular complexity index is 1160. The molecular weight excluding hydrogens is 438 g/mol. The van der Waals surface area contributed by atoms with Gasteiger partial charge in [0.15, 0.2) is 0 Å². The number of carbonyl (C=O) groups is 4. The summed E-state index contributed by atoms with van der Waals surface area (Å²) < 4.78 is 10.4. The summed E-state index contributed by atoms with van der Waals surface area (Å²) in [6.45, 7) is 1.89. The fourth-order valence-corrected chi connectivity index (χ4v) is 3.16. The number of carboxylic acids is 1. The number of carbonyl (C=O) groups excluding carboxylic acids is 3. The lowest BCUT2D eigenvalue weighted by Crippen LogP contribution is -2.48. The molecule has 1 amide bonds. The van der Waals surface area contributed by atoms with Crippen LogP contribution in [0.1, 0.15) is 33.2 Å². The van der Waals surface area contributed by atoms with Crippen LogP contribution in [0.15, 0.2) is 84.9 Å². The van der Waals surface area contributed by atoms with Crippen molar-refractivity contribution in [2.75, 3.05) is 5.32 Å². The van der Waals surface area contributed by atoms with Gasteiger partial charge >= 0.3 is 17.9 Å². The number of anilines is 1. The SMILES string of the molecule is CCc1ccccc1NC(=O)[C@H](OC(=O)c1ccccc1)[C@@H](OC(=O)c1ccccc1)C(=O)O. The van der Waals surface area contributed by atoms with Crippen molar-refractivity contribution in [1.29, 1.82) is 0 Å². The summed E-state index contributed by atoms with van der Waals surface area (Å²) in [5.74, 6) is -4.51. The van der Waals surface area contributed by atoms with Crippen molar-refractivity contribution >= 4 is 29.5 Å². The maximum atomic E-state index is 13.2. The molecule has 0 bridgehead atoms. The standard InChI is InChI=1S/C26H23NO7/c1-2-17-11-9-10-16-20(17)27-23(28)21(33-25(31)18-12-5-3-6-13-18)22(24(29)30)34-26(32)19-14-7-4-8-15-19/h3-16,21-22H,2H2,1H3,(H,27,28)(H,29,30)/t21-,22-/m1/s1. The molecule has 0 fully saturated rings. The number of aliphatic carboxylic acids is 1. The minimum atomic E-state index is -2.09. The summed E-state index contributed by atoms with van der Waals surface area (Å²) in [5, 5.41) is 12.4. The fourth-order valence-electron chi connectivity index (χ4n) is 3.16. The van der Waals surface area contributed by atoms with Gasteiger partial charge in [-0.1, -0.05) is 61.5 Å². The molecular formula is C26H23NO7. The highest BCUT2D eigenvalue weighted by Crippen LogP contribution is 2.19. The Kier molecular flexibility index (Phi) is 8.12. The zero-order chi connectivity index (χ0) is 24.5. The molecule has 0 aliphatic rings. The van der Waals surface area contributed by atoms with E-state index >= 15 is 0 Å². The van der Waals surface area contributed by atoms with E-state index in [1.807, 2.05) is 6.92 Å². The molecule has 0 unspecified atom stereocenters. The average Bonchev–Trinajstić information content (AvgIpc) is 2.87. The van der Waals surface area contributed by atoms with Gasteiger partial charge in [-0.2, -0.15) is 0 Å². The lowest BCUT2D eigenvalue weighted by Gasteiger charge is -2.24. The van der Waals surface area contributed by atoms with Crippen LogP contribution in [0.4, 0.5) is 5.69 Å². The van der Waals surface area contributed by atoms with Crippen LogP contribution in [0.3, 0.4) is 0 Å². The highest BCUT2D eigenvalue weighted by atomic mass is 16.6. The molecule has 0 aromatic heterocycles. The first-order chi connectivity index (χ1) is 16.4. The second kappa shape index (κ2) is 11.4. The molecule has 0 saturated heterocycles. The van der Waals surface area contributed by atoms with Gasteiger partial charge in [-0.05, 0) is 42.3 Å². The molecule has 3 rings (SSSR count). The number of benzene rings is 3. The van der Waals surface area contributed by atoms with Crippen LogP contribution >= 0.6 is 0 Å². The van der Waals surface area contributed by atoms with Gasteiger partial charge in [0, 0.05) is 5.69 Å². The predicted octanol–water partition coefficient (Wildman–Crippen LogP) is 3.72. The van der Waals surface area contributed by atoms with Crippen LogP contribution in [0.5, 0.6) is 0 Å². The molecule has 0 spiro atoms. The van der Waals surface area contributed by atoms with Crippen LogP contribution in [0.25, 0.3) is 0 Å². The maximum absolute atomic E-state index is 13.2. The molecule has 3 aromatic rings. The van der Waals surface area contributed by atoms with Crippen molar-refractivity contribution in [1.82, 2.24) is 0 Å². The van der Waals surface area contributed by atoms with Crippen LogP contribution in [0.2, 0.25) is 0 Å². The third kappa shape index (κ3) is 6.07. The number of nitrogens with one attached hydrogen (secondary N) is 1. The summed E-state index contributed by atoms with van der Waals surface area (Å²) >= 11 is 0. The van der Waals surface area contributed by atoms with Crippen LogP contribution < -0.4 is 5.32 Å². The van der Waals surface area contributed by atoms with Gasteiger partial charge in [0.2, 0.25) is 12.2 Å². The average molecular weight is 461 g/mol. The first kappa shape index (κ1) is 24.2. The second-order valence-electron chi connectivity index (χ2n) is 7.22. The molecule has 3 aromatic carbocycles. The summed E-state index contributed by atoms with van der Waals surface area (Å²) in [7, 11) is 0. The Hall–Kier alpha value is -4.46. The van der Waals surface area contributed by atoms with Gasteiger partial charge < -0.3 is 19.9 Å². The van der Waals surface area contributed by atoms with Crippen LogP contribution in [-0.2, 0) is 25.5 Å². The van der Waals surface area contributed by atoms with Crippen LogP contribution in [-0.4, -0.2) is 41.1 Å². The summed E-state index contributed by atoms with van der Waals surface area (Å²) in [6, 6.07) is 22.4. The number of esters is 2. The molecule has 0 radical (unpaired) electrons. The van der Waals surface area contributed by atoms with E-state index in [1.165, 1.54) is 24.3 Å². The molecule has 2 atom stereocenters. The van der Waals surface area contributed by atoms with E-state index in [4.69, 9.17) is 9.47 Å². The molecule has 2 N–H and O–H groups in total. The first-order valence-corrected chi connectivity index (χ1v) is 10.5. The van der Waals surface area contributed by atoms with E-state index in [2.05, 4.69) is 5.32 Å². The molecule has 174 valence electrons. The molecule has 0 aliphatic heterocycles. The summed E-state index contributed by atoms with van der Waals surface area (Å²) in [4.78, 5) is 50.5. The number of ether oxygens (including phenoxy) is 2. The highest BCUT2D eigenvalue weighted by molar-refractivity contribution is 6.01. The lowest BCUT2D eigenvalue weighted by molar-refractivity contribution is -0.157. The van der Waals surface area contributed by atoms with E-state index in [9.17, 15) is 24.3 Å². The zero-order valence-electron chi connectivity index (χ0n) is 18.3. The molecule has 0 saturated carbocycles. The molecule has 0 heterocycles. The number of hydrogen-bond acceptors (Lipinski definition) is 6. The van der Waals surface area contributed by atoms with Crippen molar-refractivity contribution in [2.45, 2.75) is 25.6 Å². The quantitative estimate of drug-likeness (QED) is 0.466. The summed E-state index contributed by atoms with van der Waals surface area (Å²) in [5.41, 5.74) is 1.40. The fraction of sp³-hybridized carbons (Fsp3) is 0.154. The summed E-state index contributed by atoms with van der Waals surface area (Å²) in [6.07, 6.45) is -3.45. The number of para-hydroxylation sites is 1. The van der Waals surface area contributed by atoms with Crippen molar-refractivity contribution < 1.29 is 33.8 Å². The Morgan fingerprint density at radius 1 is 0.735 bits per heavy atom. The Morgan fingerprint density at radius 3 is 1.71 bits per heavy atom. The minimum Gasteiger partial charge on any atom is -0.478 e. The third-order valence-electron chi connectivity index (χ3n) is 4.92. The zero-order valence-corrected chi connectivity index (χ0v) is 18.3. The minimum absolute atomic E-state index is 0.0821. The largest absolute Gasteiger partial charge is 0.478 e. The lowest BCUT2D eigenvalue weighted by atomic mass is 10.1. The van der Waals surface area contributed by atoms with Gasteiger partial charge in [0.1, 0.15) is 0 Å². The number of carboxylic acid groups (broad SMARTS) is 1. The van der Waals surface area contributed by atoms with Gasteiger partial charge in [-0.15, -0.1) is 0 Å². The van der Waals surface area contributed by atoms with Crippen molar-refractivity contribution in [3.05, 3.63) is 102 Å². The van der Waals surface area contributed by atoms with Gasteiger partial charge in [0.05, 0.1) is 11.1 Å². The molecule has 34 heavy (non-hydrogen) atoms. The van der Waals surface area contributed by atoms with Crippen molar-refractivity contribution in [3.8, 4) is 0 Å². The van der Waals surface area contributed by atoms with E-state index in [0.29, 0.717) is 12.1 Å². The van der Waals surface area contributed by atoms with E-state index in [1.54, 1.807) is 60.7 Å². The Labute approximate surface area is 196 Å². The topological polar surface area (TPSA) is 119 Å². The number of hydrogen-bond donors (Lipinski definition) is 2. The second-order valence-corrected chi connectivity index (χ2v) is 7.22. The third-order valence-corrected chi connectivity index (χ3v) is 4.92. The first-order valence-electron chi connectivity index (χ1n) is 10.5. The van der Waals surface area contributed by atoms with Gasteiger partial charge in [-0.3, -0.25) is 4.79 Å². The number of aryl methyl sites for hydroxylation is 1. The molecule has 8 nitrogen and oxygen atoms in total. The Morgan fingerprint density at radius 2 is 1.21 bits per heavy atom. The van der Waals surface area contributed by atoms with Gasteiger partial charge in [0.25, 0.3) is 5.91 Å². The maximum Gasteiger partial charge on any atom is 0.349 e.